The van der Waals surface area contributed by atoms with E-state index in [9.17, 15) is 4.79 Å². The van der Waals surface area contributed by atoms with Crippen LogP contribution in [0.1, 0.15) is 31.9 Å². The highest BCUT2D eigenvalue weighted by molar-refractivity contribution is 5.81. The van der Waals surface area contributed by atoms with Crippen molar-refractivity contribution in [3.05, 3.63) is 35.4 Å². The molecule has 1 rings (SSSR count). The number of carbonyl (C=O) groups is 1. The first-order valence-corrected chi connectivity index (χ1v) is 6.63. The molecule has 0 radical (unpaired) electrons. The van der Waals surface area contributed by atoms with Crippen molar-refractivity contribution in [2.45, 2.75) is 33.4 Å². The van der Waals surface area contributed by atoms with Crippen LogP contribution in [-0.2, 0) is 11.3 Å². The number of rotatable bonds is 6. The van der Waals surface area contributed by atoms with Gasteiger partial charge in [-0.3, -0.25) is 4.79 Å². The lowest BCUT2D eigenvalue weighted by Crippen LogP contribution is -2.44. The second kappa shape index (κ2) is 7.55. The molecule has 0 saturated heterocycles. The van der Waals surface area contributed by atoms with Gasteiger partial charge in [0.2, 0.25) is 5.91 Å². The number of nitrogens with one attached hydrogen (secondary N) is 1. The average molecular weight is 259 g/mol. The standard InChI is InChI=1S/C15H21N3O/c1-4-18(5-2)15(19)12(3)17-11-14-8-6-7-13(9-14)10-16/h6-9,12,17H,4-5,11H2,1-3H3. The lowest BCUT2D eigenvalue weighted by molar-refractivity contribution is -0.132. The third-order valence-corrected chi connectivity index (χ3v) is 3.11. The number of hydrogen-bond donors (Lipinski definition) is 1. The van der Waals surface area contributed by atoms with Gasteiger partial charge < -0.3 is 10.2 Å². The second-order valence-electron chi connectivity index (χ2n) is 4.43. The Bertz CT molecular complexity index is 461. The van der Waals surface area contributed by atoms with E-state index in [0.29, 0.717) is 12.1 Å². The Balaban J connectivity index is 2.56. The molecule has 0 aliphatic heterocycles. The molecule has 1 atom stereocenters. The summed E-state index contributed by atoms with van der Waals surface area (Å²) in [7, 11) is 0. The topological polar surface area (TPSA) is 56.1 Å². The summed E-state index contributed by atoms with van der Waals surface area (Å²) < 4.78 is 0. The van der Waals surface area contributed by atoms with Gasteiger partial charge in [-0.25, -0.2) is 0 Å². The lowest BCUT2D eigenvalue weighted by atomic mass is 10.1. The predicted octanol–water partition coefficient (Wildman–Crippen LogP) is 1.90. The van der Waals surface area contributed by atoms with Gasteiger partial charge in [-0.15, -0.1) is 0 Å². The molecule has 0 fully saturated rings. The molecule has 1 N–H and O–H groups in total. The van der Waals surface area contributed by atoms with Gasteiger partial charge in [0.1, 0.15) is 0 Å². The molecular formula is C15H21N3O. The monoisotopic (exact) mass is 259 g/mol. The number of hydrogen-bond acceptors (Lipinski definition) is 3. The molecule has 4 nitrogen and oxygen atoms in total. The zero-order chi connectivity index (χ0) is 14.3. The van der Waals surface area contributed by atoms with Crippen molar-refractivity contribution in [1.29, 1.82) is 5.26 Å². The van der Waals surface area contributed by atoms with Crippen molar-refractivity contribution >= 4 is 5.91 Å². The zero-order valence-corrected chi connectivity index (χ0v) is 11.8. The minimum absolute atomic E-state index is 0.112. The third-order valence-electron chi connectivity index (χ3n) is 3.11. The molecule has 1 aromatic carbocycles. The Morgan fingerprint density at radius 2 is 2.11 bits per heavy atom. The zero-order valence-electron chi connectivity index (χ0n) is 11.8. The van der Waals surface area contributed by atoms with E-state index in [2.05, 4.69) is 11.4 Å². The Kier molecular flexibility index (Phi) is 6.04. The molecule has 1 unspecified atom stereocenters. The maximum Gasteiger partial charge on any atom is 0.239 e. The predicted molar refractivity (Wildman–Crippen MR) is 75.4 cm³/mol. The average Bonchev–Trinajstić information content (AvgIpc) is 2.46. The Labute approximate surface area is 115 Å². The van der Waals surface area contributed by atoms with E-state index in [1.165, 1.54) is 0 Å². The molecule has 0 heterocycles. The summed E-state index contributed by atoms with van der Waals surface area (Å²) in [4.78, 5) is 13.9. The Morgan fingerprint density at radius 1 is 1.42 bits per heavy atom. The molecule has 0 saturated carbocycles. The van der Waals surface area contributed by atoms with Gasteiger partial charge in [0, 0.05) is 19.6 Å². The van der Waals surface area contributed by atoms with E-state index in [0.717, 1.165) is 18.7 Å². The fourth-order valence-corrected chi connectivity index (χ4v) is 1.92. The highest BCUT2D eigenvalue weighted by Gasteiger charge is 2.17. The lowest BCUT2D eigenvalue weighted by Gasteiger charge is -2.23. The first-order chi connectivity index (χ1) is 9.12. The fourth-order valence-electron chi connectivity index (χ4n) is 1.92. The molecule has 1 aromatic rings. The van der Waals surface area contributed by atoms with Crippen molar-refractivity contribution in [2.75, 3.05) is 13.1 Å². The van der Waals surface area contributed by atoms with Crippen LogP contribution in [-0.4, -0.2) is 29.9 Å². The minimum atomic E-state index is -0.217. The summed E-state index contributed by atoms with van der Waals surface area (Å²) in [5, 5.41) is 12.0. The van der Waals surface area contributed by atoms with Gasteiger partial charge >= 0.3 is 0 Å². The van der Waals surface area contributed by atoms with Gasteiger partial charge in [0.05, 0.1) is 17.7 Å². The number of amides is 1. The van der Waals surface area contributed by atoms with Gasteiger partial charge in [-0.05, 0) is 38.5 Å². The number of likely N-dealkylation sites (N-methyl/N-ethyl adjacent to an activating group) is 1. The molecule has 0 bridgehead atoms. The number of nitriles is 1. The van der Waals surface area contributed by atoms with Crippen LogP contribution < -0.4 is 5.32 Å². The fraction of sp³-hybridized carbons (Fsp3) is 0.467. The smallest absolute Gasteiger partial charge is 0.239 e. The van der Waals surface area contributed by atoms with E-state index in [4.69, 9.17) is 5.26 Å². The summed E-state index contributed by atoms with van der Waals surface area (Å²) in [6.45, 7) is 7.87. The van der Waals surface area contributed by atoms with E-state index >= 15 is 0 Å². The van der Waals surface area contributed by atoms with Crippen LogP contribution in [0.5, 0.6) is 0 Å². The molecule has 102 valence electrons. The SMILES string of the molecule is CCN(CC)C(=O)C(C)NCc1cccc(C#N)c1. The van der Waals surface area contributed by atoms with E-state index in [-0.39, 0.29) is 11.9 Å². The molecule has 0 aliphatic carbocycles. The number of benzene rings is 1. The van der Waals surface area contributed by atoms with E-state index < -0.39 is 0 Å². The van der Waals surface area contributed by atoms with Gasteiger partial charge in [0.15, 0.2) is 0 Å². The molecule has 0 aromatic heterocycles. The van der Waals surface area contributed by atoms with Crippen LogP contribution in [0.3, 0.4) is 0 Å². The maximum absolute atomic E-state index is 12.1. The molecule has 1 amide bonds. The van der Waals surface area contributed by atoms with Crippen LogP contribution >= 0.6 is 0 Å². The highest BCUT2D eigenvalue weighted by atomic mass is 16.2. The molecular weight excluding hydrogens is 238 g/mol. The van der Waals surface area contributed by atoms with Crippen molar-refractivity contribution < 1.29 is 4.79 Å². The van der Waals surface area contributed by atoms with Crippen LogP contribution in [0.4, 0.5) is 0 Å². The van der Waals surface area contributed by atoms with Gasteiger partial charge in [0.25, 0.3) is 0 Å². The Hall–Kier alpha value is -1.86. The van der Waals surface area contributed by atoms with Gasteiger partial charge in [-0.1, -0.05) is 12.1 Å². The minimum Gasteiger partial charge on any atom is -0.342 e. The first-order valence-electron chi connectivity index (χ1n) is 6.63. The summed E-state index contributed by atoms with van der Waals surface area (Å²) >= 11 is 0. The first kappa shape index (κ1) is 15.2. The van der Waals surface area contributed by atoms with Crippen LogP contribution in [0, 0.1) is 11.3 Å². The highest BCUT2D eigenvalue weighted by Crippen LogP contribution is 2.04. The summed E-state index contributed by atoms with van der Waals surface area (Å²) in [6, 6.07) is 9.30. The van der Waals surface area contributed by atoms with Crippen LogP contribution in [0.2, 0.25) is 0 Å². The Morgan fingerprint density at radius 3 is 2.68 bits per heavy atom. The van der Waals surface area contributed by atoms with Crippen LogP contribution in [0.25, 0.3) is 0 Å². The normalized spacial score (nSPS) is 11.7. The van der Waals surface area contributed by atoms with Crippen molar-refractivity contribution in [3.63, 3.8) is 0 Å². The van der Waals surface area contributed by atoms with Crippen molar-refractivity contribution in [2.24, 2.45) is 0 Å². The molecule has 4 heteroatoms. The summed E-state index contributed by atoms with van der Waals surface area (Å²) in [5.74, 6) is 0.112. The number of nitrogens with zero attached hydrogens (tertiary/aromatic N) is 2. The second-order valence-corrected chi connectivity index (χ2v) is 4.43. The van der Waals surface area contributed by atoms with Crippen LogP contribution in [0.15, 0.2) is 24.3 Å². The molecule has 19 heavy (non-hydrogen) atoms. The van der Waals surface area contributed by atoms with Crippen molar-refractivity contribution in [3.8, 4) is 6.07 Å². The van der Waals surface area contributed by atoms with E-state index in [1.54, 1.807) is 6.07 Å². The maximum atomic E-state index is 12.1. The van der Waals surface area contributed by atoms with Crippen molar-refractivity contribution in [1.82, 2.24) is 10.2 Å². The van der Waals surface area contributed by atoms with Gasteiger partial charge in [-0.2, -0.15) is 5.26 Å². The number of carbonyl (C=O) groups excluding carboxylic acids is 1. The molecule has 0 aliphatic rings. The summed E-state index contributed by atoms with van der Waals surface area (Å²) in [6.07, 6.45) is 0. The largest absolute Gasteiger partial charge is 0.342 e. The third kappa shape index (κ3) is 4.38. The quantitative estimate of drug-likeness (QED) is 0.849. The molecule has 0 spiro atoms. The summed E-state index contributed by atoms with van der Waals surface area (Å²) in [5.41, 5.74) is 1.65. The van der Waals surface area contributed by atoms with E-state index in [1.807, 2.05) is 43.9 Å².